The van der Waals surface area contributed by atoms with Crippen molar-refractivity contribution in [2.75, 3.05) is 5.75 Å². The molecule has 0 saturated carbocycles. The summed E-state index contributed by atoms with van der Waals surface area (Å²) in [7, 11) is 0. The van der Waals surface area contributed by atoms with Gasteiger partial charge in [0.15, 0.2) is 5.60 Å². The Hall–Kier alpha value is -0.180. The highest BCUT2D eigenvalue weighted by atomic mass is 32.2. The summed E-state index contributed by atoms with van der Waals surface area (Å²) in [6.45, 7) is 4.34. The van der Waals surface area contributed by atoms with Crippen LogP contribution in [0.1, 0.15) is 33.1 Å². The standard InChI is InChI=1S/C9H15NOS/c1-7-5-9(11-10-7)4-3-8(2)12-6-9/h8H,3-6H2,1-2H3. The van der Waals surface area contributed by atoms with Crippen molar-refractivity contribution in [3.63, 3.8) is 0 Å². The predicted molar refractivity (Wildman–Crippen MR) is 52.7 cm³/mol. The highest BCUT2D eigenvalue weighted by Gasteiger charge is 2.40. The Bertz CT molecular complexity index is 207. The van der Waals surface area contributed by atoms with Crippen LogP contribution in [0.3, 0.4) is 0 Å². The molecule has 0 aromatic carbocycles. The third kappa shape index (κ3) is 1.47. The molecule has 3 heteroatoms. The Balaban J connectivity index is 1.97. The summed E-state index contributed by atoms with van der Waals surface area (Å²) in [5.74, 6) is 1.12. The van der Waals surface area contributed by atoms with Gasteiger partial charge in [-0.1, -0.05) is 12.1 Å². The van der Waals surface area contributed by atoms with Gasteiger partial charge in [-0.3, -0.25) is 0 Å². The second-order valence-electron chi connectivity index (χ2n) is 3.94. The van der Waals surface area contributed by atoms with E-state index < -0.39 is 0 Å². The molecule has 0 radical (unpaired) electrons. The molecular formula is C9H15NOS. The van der Waals surface area contributed by atoms with E-state index in [-0.39, 0.29) is 5.60 Å². The van der Waals surface area contributed by atoms with Crippen molar-refractivity contribution in [1.29, 1.82) is 0 Å². The topological polar surface area (TPSA) is 21.6 Å². The molecule has 2 nitrogen and oxygen atoms in total. The fourth-order valence-electron chi connectivity index (χ4n) is 1.83. The van der Waals surface area contributed by atoms with Crippen LogP contribution < -0.4 is 0 Å². The fourth-order valence-corrected chi connectivity index (χ4v) is 3.00. The van der Waals surface area contributed by atoms with Gasteiger partial charge < -0.3 is 4.84 Å². The van der Waals surface area contributed by atoms with Crippen LogP contribution in [0.25, 0.3) is 0 Å². The second kappa shape index (κ2) is 2.95. The fraction of sp³-hybridized carbons (Fsp3) is 0.889. The lowest BCUT2D eigenvalue weighted by molar-refractivity contribution is -0.00965. The van der Waals surface area contributed by atoms with Gasteiger partial charge in [-0.15, -0.1) is 0 Å². The molecule has 68 valence electrons. The van der Waals surface area contributed by atoms with Crippen molar-refractivity contribution in [3.05, 3.63) is 0 Å². The van der Waals surface area contributed by atoms with Gasteiger partial charge in [0.05, 0.1) is 5.71 Å². The lowest BCUT2D eigenvalue weighted by Crippen LogP contribution is -2.36. The number of hydrogen-bond donors (Lipinski definition) is 0. The van der Waals surface area contributed by atoms with Gasteiger partial charge in [0.1, 0.15) is 0 Å². The third-order valence-corrected chi connectivity index (χ3v) is 4.11. The zero-order chi connectivity index (χ0) is 8.60. The third-order valence-electron chi connectivity index (χ3n) is 2.61. The van der Waals surface area contributed by atoms with E-state index in [1.807, 2.05) is 11.8 Å². The van der Waals surface area contributed by atoms with E-state index in [0.29, 0.717) is 0 Å². The molecule has 0 bridgehead atoms. The minimum absolute atomic E-state index is 0.0846. The zero-order valence-corrected chi connectivity index (χ0v) is 8.49. The molecule has 1 fully saturated rings. The van der Waals surface area contributed by atoms with Crippen molar-refractivity contribution in [2.24, 2.45) is 5.16 Å². The van der Waals surface area contributed by atoms with Gasteiger partial charge in [-0.25, -0.2) is 0 Å². The molecule has 2 heterocycles. The summed E-state index contributed by atoms with van der Waals surface area (Å²) in [5, 5.41) is 4.85. The maximum absolute atomic E-state index is 5.51. The molecule has 2 unspecified atom stereocenters. The zero-order valence-electron chi connectivity index (χ0n) is 7.67. The number of thioether (sulfide) groups is 1. The van der Waals surface area contributed by atoms with Gasteiger partial charge in [0, 0.05) is 17.4 Å². The molecule has 0 amide bonds. The van der Waals surface area contributed by atoms with E-state index in [9.17, 15) is 0 Å². The quantitative estimate of drug-likeness (QED) is 0.578. The molecule has 1 spiro atoms. The lowest BCUT2D eigenvalue weighted by atomic mass is 9.93. The van der Waals surface area contributed by atoms with Gasteiger partial charge in [0.25, 0.3) is 0 Å². The number of oxime groups is 1. The number of rotatable bonds is 0. The van der Waals surface area contributed by atoms with Gasteiger partial charge in [0.2, 0.25) is 0 Å². The van der Waals surface area contributed by atoms with Crippen LogP contribution in [-0.2, 0) is 4.84 Å². The number of hydrogen-bond acceptors (Lipinski definition) is 3. The predicted octanol–water partition coefficient (Wildman–Crippen LogP) is 2.44. The largest absolute Gasteiger partial charge is 0.388 e. The second-order valence-corrected chi connectivity index (χ2v) is 5.36. The monoisotopic (exact) mass is 185 g/mol. The normalized spacial score (nSPS) is 41.2. The molecule has 1 saturated heterocycles. The Morgan fingerprint density at radius 1 is 1.67 bits per heavy atom. The van der Waals surface area contributed by atoms with E-state index in [0.717, 1.165) is 23.1 Å². The summed E-state index contributed by atoms with van der Waals surface area (Å²) in [5.41, 5.74) is 1.24. The van der Waals surface area contributed by atoms with E-state index in [4.69, 9.17) is 4.84 Å². The van der Waals surface area contributed by atoms with Crippen LogP contribution >= 0.6 is 11.8 Å². The van der Waals surface area contributed by atoms with Crippen molar-refractivity contribution >= 4 is 17.5 Å². The molecule has 12 heavy (non-hydrogen) atoms. The smallest absolute Gasteiger partial charge is 0.152 e. The SMILES string of the molecule is CC1=NOC2(CCC(C)SC2)C1. The van der Waals surface area contributed by atoms with Crippen LogP contribution in [0.2, 0.25) is 0 Å². The molecule has 2 rings (SSSR count). The molecule has 0 aromatic heterocycles. The average Bonchev–Trinajstić information content (AvgIpc) is 2.40. The van der Waals surface area contributed by atoms with Crippen LogP contribution in [-0.4, -0.2) is 22.3 Å². The average molecular weight is 185 g/mol. The first-order valence-corrected chi connectivity index (χ1v) is 5.58. The molecule has 0 N–H and O–H groups in total. The molecular weight excluding hydrogens is 170 g/mol. The first-order valence-electron chi connectivity index (χ1n) is 4.53. The van der Waals surface area contributed by atoms with Crippen LogP contribution in [0.5, 0.6) is 0 Å². The first-order chi connectivity index (χ1) is 5.70. The minimum Gasteiger partial charge on any atom is -0.388 e. The van der Waals surface area contributed by atoms with Gasteiger partial charge in [-0.2, -0.15) is 11.8 Å². The summed E-state index contributed by atoms with van der Waals surface area (Å²) in [6.07, 6.45) is 3.50. The van der Waals surface area contributed by atoms with Crippen molar-refractivity contribution in [3.8, 4) is 0 Å². The van der Waals surface area contributed by atoms with E-state index in [2.05, 4.69) is 19.0 Å². The highest BCUT2D eigenvalue weighted by Crippen LogP contribution is 2.39. The molecule has 2 atom stereocenters. The number of nitrogens with zero attached hydrogens (tertiary/aromatic N) is 1. The summed E-state index contributed by atoms with van der Waals surface area (Å²) in [4.78, 5) is 5.51. The van der Waals surface area contributed by atoms with Gasteiger partial charge in [-0.05, 0) is 19.8 Å². The van der Waals surface area contributed by atoms with Crippen LogP contribution in [0, 0.1) is 0 Å². The van der Waals surface area contributed by atoms with Crippen molar-refractivity contribution in [1.82, 2.24) is 0 Å². The highest BCUT2D eigenvalue weighted by molar-refractivity contribution is 8.00. The molecule has 2 aliphatic heterocycles. The molecule has 2 aliphatic rings. The van der Waals surface area contributed by atoms with Crippen LogP contribution in [0.15, 0.2) is 5.16 Å². The van der Waals surface area contributed by atoms with E-state index in [1.165, 1.54) is 12.8 Å². The summed E-state index contributed by atoms with van der Waals surface area (Å²) >= 11 is 2.02. The Morgan fingerprint density at radius 3 is 3.00 bits per heavy atom. The van der Waals surface area contributed by atoms with E-state index in [1.54, 1.807) is 0 Å². The Labute approximate surface area is 77.7 Å². The van der Waals surface area contributed by atoms with Crippen molar-refractivity contribution in [2.45, 2.75) is 44.0 Å². The Kier molecular flexibility index (Phi) is 2.07. The Morgan fingerprint density at radius 2 is 2.50 bits per heavy atom. The van der Waals surface area contributed by atoms with Crippen LogP contribution in [0.4, 0.5) is 0 Å². The molecule has 0 aliphatic carbocycles. The van der Waals surface area contributed by atoms with Gasteiger partial charge >= 0.3 is 0 Å². The first kappa shape index (κ1) is 8.42. The molecule has 0 aromatic rings. The summed E-state index contributed by atoms with van der Waals surface area (Å²) < 4.78 is 0. The maximum Gasteiger partial charge on any atom is 0.152 e. The summed E-state index contributed by atoms with van der Waals surface area (Å²) in [6, 6.07) is 0. The van der Waals surface area contributed by atoms with E-state index >= 15 is 0 Å². The lowest BCUT2D eigenvalue weighted by Gasteiger charge is -2.32. The van der Waals surface area contributed by atoms with Crippen molar-refractivity contribution < 1.29 is 4.84 Å². The minimum atomic E-state index is 0.0846. The maximum atomic E-state index is 5.51.